The van der Waals surface area contributed by atoms with Crippen molar-refractivity contribution in [2.24, 2.45) is 5.41 Å². The number of hydrogen-bond acceptors (Lipinski definition) is 4. The van der Waals surface area contributed by atoms with E-state index in [0.29, 0.717) is 49.1 Å². The monoisotopic (exact) mass is 453 g/mol. The van der Waals surface area contributed by atoms with Crippen LogP contribution in [0.4, 0.5) is 5.69 Å². The van der Waals surface area contributed by atoms with Crippen LogP contribution in [0.15, 0.2) is 18.2 Å². The van der Waals surface area contributed by atoms with Gasteiger partial charge in [0.1, 0.15) is 6.04 Å². The Hall–Kier alpha value is -1.50. The highest BCUT2D eigenvalue weighted by atomic mass is 35.5. The molecule has 2 heterocycles. The molecule has 0 radical (unpaired) electrons. The van der Waals surface area contributed by atoms with Gasteiger partial charge in [-0.3, -0.25) is 9.59 Å². The molecule has 1 aliphatic carbocycles. The molecule has 4 rings (SSSR count). The number of likely N-dealkylation sites (tertiary alicyclic amines) is 1. The van der Waals surface area contributed by atoms with Crippen molar-refractivity contribution >= 4 is 40.7 Å². The first kappa shape index (κ1) is 21.7. The number of β-amino-alcohol motifs (C(OH)–C–C–N with tert-alkyl or cyclic N) is 1. The number of carbonyl (C=O) groups excluding carboxylic acids is 2. The number of nitrogens with zero attached hydrogens (tertiary/aromatic N) is 3. The fraction of sp³-hybridized carbons (Fsp3) is 0.636. The third-order valence-electron chi connectivity index (χ3n) is 7.03. The fourth-order valence-electron chi connectivity index (χ4n) is 4.74. The number of piperidine rings is 1. The summed E-state index contributed by atoms with van der Waals surface area (Å²) >= 11 is 12.1. The number of aliphatic hydroxyl groups excluding tert-OH is 1. The van der Waals surface area contributed by atoms with E-state index >= 15 is 0 Å². The summed E-state index contributed by atoms with van der Waals surface area (Å²) in [6.07, 6.45) is 3.75. The Morgan fingerprint density at radius 3 is 2.60 bits per heavy atom. The molecule has 30 heavy (non-hydrogen) atoms. The summed E-state index contributed by atoms with van der Waals surface area (Å²) in [5.74, 6) is 0.142. The molecule has 0 bridgehead atoms. The Labute approximate surface area is 187 Å². The normalized spacial score (nSPS) is 25.7. The van der Waals surface area contributed by atoms with Crippen LogP contribution in [0.2, 0.25) is 10.0 Å². The van der Waals surface area contributed by atoms with Crippen molar-refractivity contribution < 1.29 is 14.7 Å². The lowest BCUT2D eigenvalue weighted by Gasteiger charge is -2.40. The van der Waals surface area contributed by atoms with Crippen LogP contribution in [0.1, 0.15) is 39.0 Å². The molecule has 1 unspecified atom stereocenters. The first-order valence-corrected chi connectivity index (χ1v) is 11.5. The van der Waals surface area contributed by atoms with Crippen LogP contribution in [-0.2, 0) is 9.59 Å². The largest absolute Gasteiger partial charge is 0.391 e. The van der Waals surface area contributed by atoms with Gasteiger partial charge in [0.2, 0.25) is 11.8 Å². The Kier molecular flexibility index (Phi) is 6.20. The minimum atomic E-state index is -0.382. The summed E-state index contributed by atoms with van der Waals surface area (Å²) in [7, 11) is 0. The topological polar surface area (TPSA) is 64.1 Å². The highest BCUT2D eigenvalue weighted by Crippen LogP contribution is 2.53. The minimum absolute atomic E-state index is 0.0591. The molecule has 3 fully saturated rings. The standard InChI is InChI=1S/C22H29Cl2N3O3/c1-15-21(30)25(11-12-27(15)16-4-5-17(23)18(24)13-16)9-2-3-20(29)26-10-8-22(6-7-22)19(28)14-26/h4-5,13,15,19,28H,2-3,6-12,14H2,1H3/t15?,19-/m1/s1. The fourth-order valence-corrected chi connectivity index (χ4v) is 5.03. The molecular weight excluding hydrogens is 425 g/mol. The van der Waals surface area contributed by atoms with Crippen molar-refractivity contribution in [1.29, 1.82) is 0 Å². The van der Waals surface area contributed by atoms with Gasteiger partial charge in [0.15, 0.2) is 0 Å². The number of hydrogen-bond donors (Lipinski definition) is 1. The summed E-state index contributed by atoms with van der Waals surface area (Å²) in [5.41, 5.74) is 0.991. The van der Waals surface area contributed by atoms with Crippen LogP contribution in [0.3, 0.4) is 0 Å². The van der Waals surface area contributed by atoms with E-state index in [4.69, 9.17) is 23.2 Å². The van der Waals surface area contributed by atoms with E-state index < -0.39 is 0 Å². The van der Waals surface area contributed by atoms with Gasteiger partial charge >= 0.3 is 0 Å². The molecule has 1 aromatic rings. The van der Waals surface area contributed by atoms with Crippen molar-refractivity contribution in [2.45, 2.75) is 51.2 Å². The molecule has 1 aromatic carbocycles. The Morgan fingerprint density at radius 1 is 1.17 bits per heavy atom. The zero-order valence-corrected chi connectivity index (χ0v) is 18.8. The van der Waals surface area contributed by atoms with Crippen molar-refractivity contribution in [3.8, 4) is 0 Å². The first-order chi connectivity index (χ1) is 14.3. The van der Waals surface area contributed by atoms with Gasteiger partial charge in [0, 0.05) is 44.8 Å². The van der Waals surface area contributed by atoms with Crippen molar-refractivity contribution in [1.82, 2.24) is 9.80 Å². The Balaban J connectivity index is 1.25. The van der Waals surface area contributed by atoms with Crippen molar-refractivity contribution in [3.63, 3.8) is 0 Å². The van der Waals surface area contributed by atoms with Gasteiger partial charge in [-0.1, -0.05) is 23.2 Å². The molecule has 3 aliphatic rings. The summed E-state index contributed by atoms with van der Waals surface area (Å²) < 4.78 is 0. The summed E-state index contributed by atoms with van der Waals surface area (Å²) in [5, 5.41) is 11.3. The SMILES string of the molecule is CC1C(=O)N(CCCC(=O)N2CCC3(CC3)[C@H](O)C2)CCN1c1ccc(Cl)c(Cl)c1. The second kappa shape index (κ2) is 8.56. The number of anilines is 1. The molecule has 8 heteroatoms. The number of halogens is 2. The highest BCUT2D eigenvalue weighted by molar-refractivity contribution is 6.42. The van der Waals surface area contributed by atoms with E-state index in [1.807, 2.05) is 22.8 Å². The van der Waals surface area contributed by atoms with Gasteiger partial charge in [-0.15, -0.1) is 0 Å². The van der Waals surface area contributed by atoms with Crippen molar-refractivity contribution in [2.75, 3.05) is 37.6 Å². The van der Waals surface area contributed by atoms with Gasteiger partial charge in [-0.2, -0.15) is 0 Å². The quantitative estimate of drug-likeness (QED) is 0.743. The number of amides is 2. The number of benzene rings is 1. The average molecular weight is 454 g/mol. The third kappa shape index (κ3) is 4.27. The molecule has 2 aliphatic heterocycles. The van der Waals surface area contributed by atoms with E-state index in [0.717, 1.165) is 31.5 Å². The lowest BCUT2D eigenvalue weighted by molar-refractivity contribution is -0.138. The smallest absolute Gasteiger partial charge is 0.245 e. The summed E-state index contributed by atoms with van der Waals surface area (Å²) in [6.45, 7) is 4.99. The maximum absolute atomic E-state index is 12.9. The maximum atomic E-state index is 12.9. The van der Waals surface area contributed by atoms with E-state index in [1.165, 1.54) is 0 Å². The van der Waals surface area contributed by atoms with Gasteiger partial charge in [0.25, 0.3) is 0 Å². The molecule has 1 N–H and O–H groups in total. The van der Waals surface area contributed by atoms with Gasteiger partial charge in [0.05, 0.1) is 16.1 Å². The van der Waals surface area contributed by atoms with E-state index in [9.17, 15) is 14.7 Å². The maximum Gasteiger partial charge on any atom is 0.245 e. The Bertz CT molecular complexity index is 830. The zero-order valence-electron chi connectivity index (χ0n) is 17.3. The number of carbonyl (C=O) groups is 2. The second-order valence-electron chi connectivity index (χ2n) is 8.86. The molecule has 1 spiro atoms. The van der Waals surface area contributed by atoms with Gasteiger partial charge in [-0.25, -0.2) is 0 Å². The van der Waals surface area contributed by atoms with Gasteiger partial charge < -0.3 is 19.8 Å². The molecule has 2 saturated heterocycles. The molecule has 0 aromatic heterocycles. The average Bonchev–Trinajstić information content (AvgIpc) is 3.50. The molecule has 164 valence electrons. The predicted molar refractivity (Wildman–Crippen MR) is 118 cm³/mol. The van der Waals surface area contributed by atoms with Crippen LogP contribution in [0.5, 0.6) is 0 Å². The van der Waals surface area contributed by atoms with Crippen molar-refractivity contribution in [3.05, 3.63) is 28.2 Å². The van der Waals surface area contributed by atoms with Crippen LogP contribution < -0.4 is 4.90 Å². The minimum Gasteiger partial charge on any atom is -0.391 e. The molecule has 2 amide bonds. The van der Waals surface area contributed by atoms with E-state index in [-0.39, 0.29) is 29.4 Å². The van der Waals surface area contributed by atoms with Crippen LogP contribution in [0.25, 0.3) is 0 Å². The van der Waals surface area contributed by atoms with E-state index in [1.54, 1.807) is 17.0 Å². The lowest BCUT2D eigenvalue weighted by atomic mass is 9.90. The number of piperazine rings is 1. The van der Waals surface area contributed by atoms with E-state index in [2.05, 4.69) is 0 Å². The molecule has 1 saturated carbocycles. The highest BCUT2D eigenvalue weighted by Gasteiger charge is 2.51. The zero-order chi connectivity index (χ0) is 21.5. The van der Waals surface area contributed by atoms with Crippen LogP contribution in [-0.4, -0.2) is 71.6 Å². The third-order valence-corrected chi connectivity index (χ3v) is 7.76. The molecule has 6 nitrogen and oxygen atoms in total. The predicted octanol–water partition coefficient (Wildman–Crippen LogP) is 3.18. The lowest BCUT2D eigenvalue weighted by Crippen LogP contribution is -2.56. The van der Waals surface area contributed by atoms with Crippen LogP contribution in [0, 0.1) is 5.41 Å². The molecular formula is C22H29Cl2N3O3. The second-order valence-corrected chi connectivity index (χ2v) is 9.68. The first-order valence-electron chi connectivity index (χ1n) is 10.8. The summed E-state index contributed by atoms with van der Waals surface area (Å²) in [4.78, 5) is 31.1. The Morgan fingerprint density at radius 2 is 1.93 bits per heavy atom. The number of aliphatic hydroxyl groups is 1. The van der Waals surface area contributed by atoms with Crippen LogP contribution >= 0.6 is 23.2 Å². The van der Waals surface area contributed by atoms with Gasteiger partial charge in [-0.05, 0) is 56.2 Å². The number of rotatable bonds is 5. The molecule has 2 atom stereocenters. The summed E-state index contributed by atoms with van der Waals surface area (Å²) in [6, 6.07) is 5.13.